The van der Waals surface area contributed by atoms with Gasteiger partial charge in [0.25, 0.3) is 0 Å². The van der Waals surface area contributed by atoms with Crippen LogP contribution >= 0.6 is 0 Å². The molecule has 0 aliphatic carbocycles. The molecule has 5 heteroatoms. The third-order valence-corrected chi connectivity index (χ3v) is 5.24. The first kappa shape index (κ1) is 21.2. The van der Waals surface area contributed by atoms with Crippen molar-refractivity contribution in [3.8, 4) is 0 Å². The number of unbranched alkanes of at least 4 members (excludes halogenated alkanes) is 8. The third-order valence-electron chi connectivity index (χ3n) is 3.77. The van der Waals surface area contributed by atoms with Crippen molar-refractivity contribution in [2.45, 2.75) is 82.8 Å². The Morgan fingerprint density at radius 3 is 1.91 bits per heavy atom. The SMILES string of the molecule is CCCCCC/C=C/CCCCCCC(C(=O)O)S(C)(=O)=O. The molecule has 0 aliphatic heterocycles. The van der Waals surface area contributed by atoms with Gasteiger partial charge in [-0.25, -0.2) is 8.42 Å². The summed E-state index contributed by atoms with van der Waals surface area (Å²) in [5, 5.41) is 7.66. The van der Waals surface area contributed by atoms with E-state index in [2.05, 4.69) is 19.1 Å². The number of carboxylic acid groups (broad SMARTS) is 1. The van der Waals surface area contributed by atoms with Crippen LogP contribution in [0.2, 0.25) is 0 Å². The molecule has 0 heterocycles. The number of sulfone groups is 1. The molecular weight excluding hydrogens is 300 g/mol. The Labute approximate surface area is 135 Å². The normalized spacial score (nSPS) is 13.5. The minimum atomic E-state index is -3.49. The highest BCUT2D eigenvalue weighted by atomic mass is 32.2. The van der Waals surface area contributed by atoms with E-state index >= 15 is 0 Å². The van der Waals surface area contributed by atoms with E-state index in [0.29, 0.717) is 6.42 Å². The summed E-state index contributed by atoms with van der Waals surface area (Å²) in [7, 11) is -3.49. The lowest BCUT2D eigenvalue weighted by molar-refractivity contribution is -0.136. The zero-order valence-corrected chi connectivity index (χ0v) is 14.9. The van der Waals surface area contributed by atoms with Crippen molar-refractivity contribution in [1.82, 2.24) is 0 Å². The summed E-state index contributed by atoms with van der Waals surface area (Å²) in [4.78, 5) is 10.9. The van der Waals surface area contributed by atoms with E-state index in [1.54, 1.807) is 0 Å². The molecule has 1 unspecified atom stereocenters. The summed E-state index contributed by atoms with van der Waals surface area (Å²) in [5.74, 6) is -1.23. The lowest BCUT2D eigenvalue weighted by atomic mass is 10.1. The molecule has 0 aromatic carbocycles. The summed E-state index contributed by atoms with van der Waals surface area (Å²) >= 11 is 0. The maximum atomic E-state index is 11.3. The molecule has 0 bridgehead atoms. The van der Waals surface area contributed by atoms with Crippen molar-refractivity contribution >= 4 is 15.8 Å². The number of aliphatic carboxylic acids is 1. The molecule has 0 saturated heterocycles. The van der Waals surface area contributed by atoms with Gasteiger partial charge in [-0.1, -0.05) is 57.6 Å². The Bertz CT molecular complexity index is 412. The number of rotatable bonds is 14. The molecule has 130 valence electrons. The Balaban J connectivity index is 3.57. The van der Waals surface area contributed by atoms with Crippen LogP contribution < -0.4 is 0 Å². The van der Waals surface area contributed by atoms with E-state index in [9.17, 15) is 13.2 Å². The summed E-state index contributed by atoms with van der Waals surface area (Å²) in [6, 6.07) is 0. The molecule has 0 aromatic rings. The highest BCUT2D eigenvalue weighted by Gasteiger charge is 2.27. The molecule has 0 fully saturated rings. The lowest BCUT2D eigenvalue weighted by Gasteiger charge is -2.09. The van der Waals surface area contributed by atoms with Crippen LogP contribution in [-0.4, -0.2) is 31.0 Å². The number of carboxylic acids is 1. The van der Waals surface area contributed by atoms with Gasteiger partial charge < -0.3 is 5.11 Å². The number of carbonyl (C=O) groups is 1. The van der Waals surface area contributed by atoms with Crippen molar-refractivity contribution in [1.29, 1.82) is 0 Å². The second-order valence-electron chi connectivity index (χ2n) is 5.97. The molecule has 22 heavy (non-hydrogen) atoms. The molecule has 0 saturated carbocycles. The summed E-state index contributed by atoms with van der Waals surface area (Å²) < 4.78 is 22.6. The molecule has 0 amide bonds. The fourth-order valence-electron chi connectivity index (χ4n) is 2.39. The van der Waals surface area contributed by atoms with E-state index in [1.807, 2.05) is 0 Å². The maximum absolute atomic E-state index is 11.3. The van der Waals surface area contributed by atoms with Gasteiger partial charge >= 0.3 is 5.97 Å². The van der Waals surface area contributed by atoms with Gasteiger partial charge in [0.05, 0.1) is 0 Å². The Morgan fingerprint density at radius 1 is 0.955 bits per heavy atom. The molecule has 4 nitrogen and oxygen atoms in total. The molecule has 0 rings (SSSR count). The van der Waals surface area contributed by atoms with Crippen LogP contribution in [0.4, 0.5) is 0 Å². The first-order valence-electron chi connectivity index (χ1n) is 8.46. The number of hydrogen-bond donors (Lipinski definition) is 1. The van der Waals surface area contributed by atoms with Gasteiger partial charge in [-0.3, -0.25) is 4.79 Å². The smallest absolute Gasteiger partial charge is 0.321 e. The van der Waals surface area contributed by atoms with Gasteiger partial charge in [-0.15, -0.1) is 0 Å². The highest BCUT2D eigenvalue weighted by molar-refractivity contribution is 7.92. The topological polar surface area (TPSA) is 71.4 Å². The van der Waals surface area contributed by atoms with Crippen LogP contribution in [0.5, 0.6) is 0 Å². The van der Waals surface area contributed by atoms with Gasteiger partial charge in [-0.2, -0.15) is 0 Å². The van der Waals surface area contributed by atoms with Crippen LogP contribution in [-0.2, 0) is 14.6 Å². The fourth-order valence-corrected chi connectivity index (χ4v) is 3.35. The molecular formula is C17H32O4S. The zero-order chi connectivity index (χ0) is 16.8. The molecule has 0 spiro atoms. The predicted molar refractivity (Wildman–Crippen MR) is 91.9 cm³/mol. The van der Waals surface area contributed by atoms with E-state index in [0.717, 1.165) is 38.4 Å². The average molecular weight is 333 g/mol. The largest absolute Gasteiger partial charge is 0.480 e. The van der Waals surface area contributed by atoms with E-state index in [4.69, 9.17) is 5.11 Å². The first-order valence-corrected chi connectivity index (χ1v) is 10.4. The predicted octanol–water partition coefficient (Wildman–Crippen LogP) is 4.35. The minimum absolute atomic E-state index is 0.224. The van der Waals surface area contributed by atoms with E-state index < -0.39 is 21.1 Å². The van der Waals surface area contributed by atoms with Gasteiger partial charge in [0.15, 0.2) is 15.1 Å². The summed E-state index contributed by atoms with van der Waals surface area (Å²) in [5.41, 5.74) is 0. The second-order valence-corrected chi connectivity index (χ2v) is 8.20. The van der Waals surface area contributed by atoms with E-state index in [1.165, 1.54) is 25.7 Å². The van der Waals surface area contributed by atoms with Gasteiger partial charge in [0.2, 0.25) is 0 Å². The van der Waals surface area contributed by atoms with Gasteiger partial charge in [0.1, 0.15) is 0 Å². The zero-order valence-electron chi connectivity index (χ0n) is 14.1. The quantitative estimate of drug-likeness (QED) is 0.379. The van der Waals surface area contributed by atoms with Crippen molar-refractivity contribution in [3.63, 3.8) is 0 Å². The standard InChI is InChI=1S/C17H32O4S/c1-3-4-5-6-7-8-9-10-11-12-13-14-15-16(17(18)19)22(2,20)21/h8-9,16H,3-7,10-15H2,1-2H3,(H,18,19)/b9-8+. The van der Waals surface area contributed by atoms with Crippen LogP contribution in [0.3, 0.4) is 0 Å². The van der Waals surface area contributed by atoms with Crippen molar-refractivity contribution < 1.29 is 18.3 Å². The van der Waals surface area contributed by atoms with Crippen LogP contribution in [0.25, 0.3) is 0 Å². The molecule has 0 aliphatic rings. The minimum Gasteiger partial charge on any atom is -0.480 e. The number of allylic oxidation sites excluding steroid dienone is 2. The summed E-state index contributed by atoms with van der Waals surface area (Å²) in [6.45, 7) is 2.21. The van der Waals surface area contributed by atoms with Crippen LogP contribution in [0.15, 0.2) is 12.2 Å². The van der Waals surface area contributed by atoms with Gasteiger partial charge in [-0.05, 0) is 32.1 Å². The molecule has 1 N–H and O–H groups in total. The Kier molecular flexibility index (Phi) is 12.2. The lowest BCUT2D eigenvalue weighted by Crippen LogP contribution is -2.29. The maximum Gasteiger partial charge on any atom is 0.321 e. The first-order chi connectivity index (χ1) is 10.4. The highest BCUT2D eigenvalue weighted by Crippen LogP contribution is 2.13. The van der Waals surface area contributed by atoms with Crippen LogP contribution in [0, 0.1) is 0 Å². The Hall–Kier alpha value is -0.840. The third kappa shape index (κ3) is 11.8. The molecule has 0 aromatic heterocycles. The molecule has 1 atom stereocenters. The van der Waals surface area contributed by atoms with Crippen molar-refractivity contribution in [3.05, 3.63) is 12.2 Å². The second kappa shape index (κ2) is 12.7. The number of hydrogen-bond acceptors (Lipinski definition) is 3. The average Bonchev–Trinajstić information content (AvgIpc) is 2.42. The van der Waals surface area contributed by atoms with Gasteiger partial charge in [0, 0.05) is 6.26 Å². The van der Waals surface area contributed by atoms with Crippen molar-refractivity contribution in [2.75, 3.05) is 6.26 Å². The van der Waals surface area contributed by atoms with E-state index in [-0.39, 0.29) is 6.42 Å². The fraction of sp³-hybridized carbons (Fsp3) is 0.824. The molecule has 0 radical (unpaired) electrons. The summed E-state index contributed by atoms with van der Waals surface area (Å²) in [6.07, 6.45) is 16.7. The van der Waals surface area contributed by atoms with Crippen LogP contribution in [0.1, 0.15) is 77.6 Å². The monoisotopic (exact) mass is 332 g/mol. The Morgan fingerprint density at radius 2 is 1.45 bits per heavy atom. The van der Waals surface area contributed by atoms with Crippen molar-refractivity contribution in [2.24, 2.45) is 0 Å².